The fraction of sp³-hybridized carbons (Fsp3) is 0.455. The number of urea groups is 1. The van der Waals surface area contributed by atoms with Crippen LogP contribution in [-0.2, 0) is 21.4 Å². The maximum atomic E-state index is 12.5. The van der Waals surface area contributed by atoms with Gasteiger partial charge in [-0.1, -0.05) is 32.9 Å². The SMILES string of the molecule is CC(C)(C)c1ccc(-n2ncc3c2CCCC3NC(=O)CN2C(=O)CNC2=O)cc1. The lowest BCUT2D eigenvalue weighted by Crippen LogP contribution is -2.42. The Kier molecular flexibility index (Phi) is 5.09. The van der Waals surface area contributed by atoms with E-state index in [1.165, 1.54) is 5.56 Å². The van der Waals surface area contributed by atoms with Gasteiger partial charge >= 0.3 is 6.03 Å². The second-order valence-corrected chi connectivity index (χ2v) is 8.91. The van der Waals surface area contributed by atoms with E-state index in [-0.39, 0.29) is 36.4 Å². The predicted molar refractivity (Wildman–Crippen MR) is 111 cm³/mol. The molecule has 4 rings (SSSR count). The second kappa shape index (κ2) is 7.59. The van der Waals surface area contributed by atoms with Gasteiger partial charge in [0.25, 0.3) is 5.91 Å². The van der Waals surface area contributed by atoms with Gasteiger partial charge in [-0.25, -0.2) is 9.48 Å². The van der Waals surface area contributed by atoms with Gasteiger partial charge in [-0.05, 0) is 42.4 Å². The number of nitrogens with one attached hydrogen (secondary N) is 2. The van der Waals surface area contributed by atoms with Gasteiger partial charge in [0.15, 0.2) is 0 Å². The molecule has 158 valence electrons. The normalized spacial score (nSPS) is 18.9. The summed E-state index contributed by atoms with van der Waals surface area (Å²) < 4.78 is 1.94. The third-order valence-corrected chi connectivity index (χ3v) is 5.73. The minimum absolute atomic E-state index is 0.0551. The number of carbonyl (C=O) groups excluding carboxylic acids is 3. The molecule has 0 radical (unpaired) electrons. The maximum absolute atomic E-state index is 12.5. The van der Waals surface area contributed by atoms with Crippen LogP contribution < -0.4 is 10.6 Å². The van der Waals surface area contributed by atoms with E-state index in [1.807, 2.05) is 10.9 Å². The summed E-state index contributed by atoms with van der Waals surface area (Å²) in [6, 6.07) is 7.71. The molecule has 1 aliphatic carbocycles. The number of hydrogen-bond acceptors (Lipinski definition) is 4. The molecule has 1 aromatic carbocycles. The summed E-state index contributed by atoms with van der Waals surface area (Å²) in [6.45, 7) is 6.23. The average molecular weight is 409 g/mol. The molecule has 1 fully saturated rings. The number of hydrogen-bond donors (Lipinski definition) is 2. The molecule has 1 atom stereocenters. The smallest absolute Gasteiger partial charge is 0.325 e. The van der Waals surface area contributed by atoms with Crippen molar-refractivity contribution < 1.29 is 14.4 Å². The first-order valence-electron chi connectivity index (χ1n) is 10.3. The van der Waals surface area contributed by atoms with Gasteiger partial charge in [0.05, 0.1) is 24.5 Å². The summed E-state index contributed by atoms with van der Waals surface area (Å²) in [7, 11) is 0. The van der Waals surface area contributed by atoms with E-state index in [4.69, 9.17) is 0 Å². The van der Waals surface area contributed by atoms with Crippen LogP contribution in [0, 0.1) is 0 Å². The molecule has 2 heterocycles. The molecule has 1 saturated heterocycles. The van der Waals surface area contributed by atoms with Gasteiger partial charge in [-0.3, -0.25) is 14.5 Å². The number of rotatable bonds is 4. The lowest BCUT2D eigenvalue weighted by atomic mass is 9.87. The molecule has 0 saturated carbocycles. The topological polar surface area (TPSA) is 96.3 Å². The zero-order valence-electron chi connectivity index (χ0n) is 17.6. The number of benzene rings is 1. The standard InChI is InChI=1S/C22H27N5O3/c1-22(2,3)14-7-9-15(10-8-14)27-18-6-4-5-17(16(18)11-24-27)25-19(28)13-26-20(29)12-23-21(26)30/h7-11,17H,4-6,12-13H2,1-3H3,(H,23,30)(H,25,28). The summed E-state index contributed by atoms with van der Waals surface area (Å²) in [5.74, 6) is -0.730. The highest BCUT2D eigenvalue weighted by atomic mass is 16.2. The van der Waals surface area contributed by atoms with Crippen LogP contribution in [0.2, 0.25) is 0 Å². The molecule has 30 heavy (non-hydrogen) atoms. The molecule has 1 unspecified atom stereocenters. The van der Waals surface area contributed by atoms with E-state index in [0.717, 1.165) is 41.1 Å². The predicted octanol–water partition coefficient (Wildman–Crippen LogP) is 2.22. The van der Waals surface area contributed by atoms with Gasteiger partial charge in [0.2, 0.25) is 5.91 Å². The number of nitrogens with zero attached hydrogens (tertiary/aromatic N) is 3. The largest absolute Gasteiger partial charge is 0.348 e. The first-order valence-corrected chi connectivity index (χ1v) is 10.3. The third-order valence-electron chi connectivity index (χ3n) is 5.73. The minimum atomic E-state index is -0.522. The van der Waals surface area contributed by atoms with Crippen molar-refractivity contribution >= 4 is 17.8 Å². The lowest BCUT2D eigenvalue weighted by molar-refractivity contribution is -0.131. The lowest BCUT2D eigenvalue weighted by Gasteiger charge is -2.25. The molecule has 0 bridgehead atoms. The highest BCUT2D eigenvalue weighted by Crippen LogP contribution is 2.31. The Morgan fingerprint density at radius 3 is 2.60 bits per heavy atom. The quantitative estimate of drug-likeness (QED) is 0.757. The molecule has 1 aromatic heterocycles. The molecule has 2 N–H and O–H groups in total. The third kappa shape index (κ3) is 3.81. The Hall–Kier alpha value is -3.16. The van der Waals surface area contributed by atoms with Crippen molar-refractivity contribution in [3.05, 3.63) is 47.3 Å². The van der Waals surface area contributed by atoms with Crippen molar-refractivity contribution in [1.29, 1.82) is 0 Å². The monoisotopic (exact) mass is 409 g/mol. The first-order chi connectivity index (χ1) is 14.2. The molecule has 0 spiro atoms. The van der Waals surface area contributed by atoms with Crippen molar-refractivity contribution in [2.45, 2.75) is 51.5 Å². The van der Waals surface area contributed by atoms with Crippen molar-refractivity contribution in [1.82, 2.24) is 25.3 Å². The summed E-state index contributed by atoms with van der Waals surface area (Å²) >= 11 is 0. The molecule has 2 aliphatic rings. The van der Waals surface area contributed by atoms with E-state index in [9.17, 15) is 14.4 Å². The highest BCUT2D eigenvalue weighted by molar-refractivity contribution is 6.04. The summed E-state index contributed by atoms with van der Waals surface area (Å²) in [5, 5.41) is 9.98. The Bertz CT molecular complexity index is 971. The van der Waals surface area contributed by atoms with Crippen LogP contribution in [0.15, 0.2) is 30.5 Å². The van der Waals surface area contributed by atoms with Crippen molar-refractivity contribution in [2.75, 3.05) is 13.1 Å². The van der Waals surface area contributed by atoms with Gasteiger partial charge in [-0.2, -0.15) is 5.10 Å². The number of aromatic nitrogens is 2. The van der Waals surface area contributed by atoms with E-state index >= 15 is 0 Å². The second-order valence-electron chi connectivity index (χ2n) is 8.91. The zero-order valence-corrected chi connectivity index (χ0v) is 17.6. The van der Waals surface area contributed by atoms with Crippen LogP contribution in [0.25, 0.3) is 5.69 Å². The summed E-state index contributed by atoms with van der Waals surface area (Å²) in [5.41, 5.74) is 4.43. The number of fused-ring (bicyclic) bond motifs is 1. The molecule has 1 aliphatic heterocycles. The average Bonchev–Trinajstić information content (AvgIpc) is 3.27. The fourth-order valence-electron chi connectivity index (χ4n) is 4.03. The molecule has 8 nitrogen and oxygen atoms in total. The van der Waals surface area contributed by atoms with Crippen LogP contribution in [0.4, 0.5) is 4.79 Å². The first kappa shape index (κ1) is 20.1. The number of amides is 4. The molecule has 8 heteroatoms. The van der Waals surface area contributed by atoms with E-state index in [2.05, 4.69) is 60.8 Å². The fourth-order valence-corrected chi connectivity index (χ4v) is 4.03. The van der Waals surface area contributed by atoms with Crippen LogP contribution >= 0.6 is 0 Å². The number of carbonyl (C=O) groups is 3. The van der Waals surface area contributed by atoms with E-state index in [1.54, 1.807) is 0 Å². The van der Waals surface area contributed by atoms with Gasteiger partial charge in [-0.15, -0.1) is 0 Å². The molecule has 4 amide bonds. The van der Waals surface area contributed by atoms with Crippen LogP contribution in [0.1, 0.15) is 56.5 Å². The zero-order chi connectivity index (χ0) is 21.5. The van der Waals surface area contributed by atoms with E-state index < -0.39 is 6.03 Å². The van der Waals surface area contributed by atoms with Gasteiger partial charge < -0.3 is 10.6 Å². The van der Waals surface area contributed by atoms with Gasteiger partial charge in [0.1, 0.15) is 6.54 Å². The summed E-state index contributed by atoms with van der Waals surface area (Å²) in [4.78, 5) is 36.8. The molecule has 2 aromatic rings. The Morgan fingerprint density at radius 2 is 1.97 bits per heavy atom. The Morgan fingerprint density at radius 1 is 1.23 bits per heavy atom. The van der Waals surface area contributed by atoms with E-state index in [0.29, 0.717) is 0 Å². The minimum Gasteiger partial charge on any atom is -0.348 e. The summed E-state index contributed by atoms with van der Waals surface area (Å²) in [6.07, 6.45) is 4.42. The van der Waals surface area contributed by atoms with Crippen molar-refractivity contribution in [3.63, 3.8) is 0 Å². The highest BCUT2D eigenvalue weighted by Gasteiger charge is 2.32. The van der Waals surface area contributed by atoms with Gasteiger partial charge in [0, 0.05) is 11.3 Å². The van der Waals surface area contributed by atoms with Crippen molar-refractivity contribution in [2.24, 2.45) is 0 Å². The Labute approximate surface area is 175 Å². The maximum Gasteiger partial charge on any atom is 0.325 e. The van der Waals surface area contributed by atoms with Crippen molar-refractivity contribution in [3.8, 4) is 5.69 Å². The van der Waals surface area contributed by atoms with Crippen LogP contribution in [0.5, 0.6) is 0 Å². The molecular formula is C22H27N5O3. The Balaban J connectivity index is 1.50. The van der Waals surface area contributed by atoms with Crippen LogP contribution in [-0.4, -0.2) is 45.6 Å². The molecular weight excluding hydrogens is 382 g/mol. The van der Waals surface area contributed by atoms with Crippen LogP contribution in [0.3, 0.4) is 0 Å². The number of imide groups is 1.